The van der Waals surface area contributed by atoms with E-state index in [-0.39, 0.29) is 49.2 Å². The maximum absolute atomic E-state index is 13.1. The molecule has 4 atom stereocenters. The number of ether oxygens (including phenoxy) is 3. The van der Waals surface area contributed by atoms with Crippen LogP contribution in [0, 0.1) is 37.5 Å². The molecule has 5 heterocycles. The molecular formula is C57H61F3N6O8. The highest BCUT2D eigenvalue weighted by Gasteiger charge is 2.37. The molecule has 2 saturated heterocycles. The van der Waals surface area contributed by atoms with Crippen LogP contribution in [0.2, 0.25) is 0 Å². The molecule has 3 aromatic heterocycles. The second-order valence-corrected chi connectivity index (χ2v) is 18.5. The zero-order chi connectivity index (χ0) is 52.0. The van der Waals surface area contributed by atoms with E-state index in [4.69, 9.17) is 23.0 Å². The smallest absolute Gasteiger partial charge is 0.433 e. The molecule has 14 nitrogen and oxygen atoms in total. The number of rotatable bonds is 18. The van der Waals surface area contributed by atoms with Crippen LogP contribution in [0.5, 0.6) is 11.5 Å². The van der Waals surface area contributed by atoms with Gasteiger partial charge in [-0.05, 0) is 137 Å². The molecule has 2 aliphatic rings. The number of carboxylic acid groups (broad SMARTS) is 1. The molecule has 0 amide bonds. The van der Waals surface area contributed by atoms with E-state index in [9.17, 15) is 27.9 Å². The number of carbonyl (C=O) groups is 2. The predicted molar refractivity (Wildman–Crippen MR) is 272 cm³/mol. The Hall–Kier alpha value is -7.53. The highest BCUT2D eigenvalue weighted by Crippen LogP contribution is 2.33. The number of carbonyl (C=O) groups excluding carboxylic acids is 1. The van der Waals surface area contributed by atoms with E-state index in [1.165, 1.54) is 5.56 Å². The molecule has 7 aromatic rings. The zero-order valence-corrected chi connectivity index (χ0v) is 41.7. The van der Waals surface area contributed by atoms with Crippen LogP contribution in [-0.2, 0) is 46.2 Å². The maximum atomic E-state index is 13.1. The number of piperidine rings is 2. The third-order valence-electron chi connectivity index (χ3n) is 13.3. The summed E-state index contributed by atoms with van der Waals surface area (Å²) in [4.78, 5) is 42.8. The first-order valence-electron chi connectivity index (χ1n) is 25.0. The van der Waals surface area contributed by atoms with E-state index in [2.05, 4.69) is 37.4 Å². The van der Waals surface area contributed by atoms with Gasteiger partial charge in [0, 0.05) is 43.3 Å². The van der Waals surface area contributed by atoms with Gasteiger partial charge in [-0.2, -0.15) is 13.2 Å². The monoisotopic (exact) mass is 1010 g/mol. The maximum Gasteiger partial charge on any atom is 0.433 e. The van der Waals surface area contributed by atoms with E-state index < -0.39 is 23.8 Å². The second kappa shape index (κ2) is 24.9. The van der Waals surface area contributed by atoms with Gasteiger partial charge in [0.25, 0.3) is 0 Å². The molecule has 2 N–H and O–H groups in total. The minimum absolute atomic E-state index is 0.0337. The number of oxazole rings is 2. The number of benzene rings is 4. The van der Waals surface area contributed by atoms with E-state index in [1.54, 1.807) is 4.90 Å². The SMILES string of the molecule is CCOC(=O)[C@H]1CCNC[C@H]1Cc1ccc(OCCc2nc(-c3ccccc3)oc2C)cc1.Cc1oc(-c2ccccc2)nc1CCOc1ccc(C[C@@H]2CN(c3nccc(C(F)(F)F)n3)CC[C@@H]2C(=O)O)cc1. The van der Waals surface area contributed by atoms with Crippen LogP contribution in [0.1, 0.15) is 59.5 Å². The first-order valence-corrected chi connectivity index (χ1v) is 25.0. The van der Waals surface area contributed by atoms with Crippen molar-refractivity contribution < 1.29 is 50.9 Å². The molecule has 9 rings (SSSR count). The number of halogens is 3. The molecule has 2 fully saturated rings. The van der Waals surface area contributed by atoms with E-state index in [0.717, 1.165) is 83.5 Å². The number of hydrogen-bond acceptors (Lipinski definition) is 13. The normalized spacial score (nSPS) is 17.7. The van der Waals surface area contributed by atoms with Crippen molar-refractivity contribution in [2.45, 2.75) is 65.5 Å². The van der Waals surface area contributed by atoms with Crippen LogP contribution >= 0.6 is 0 Å². The molecule has 2 aliphatic heterocycles. The Bertz CT molecular complexity index is 2900. The quantitative estimate of drug-likeness (QED) is 0.0777. The summed E-state index contributed by atoms with van der Waals surface area (Å²) in [5.41, 5.74) is 4.71. The highest BCUT2D eigenvalue weighted by molar-refractivity contribution is 5.73. The molecular weight excluding hydrogens is 954 g/mol. The van der Waals surface area contributed by atoms with Gasteiger partial charge in [-0.25, -0.2) is 19.9 Å². The number of carboxylic acids is 1. The standard InChI is InChI=1S/C30H29F3N4O4.C27H32N2O4/c1-19-25(35-27(41-19)21-5-3-2-4-6-21)13-16-40-23-9-7-20(8-10-23)17-22-18-37(15-12-24(22)28(38)39)29-34-14-11-26(36-29)30(31,32)33;1-3-31-27(30)24-13-15-28-18-22(24)17-20-9-11-23(12-10-20)32-16-14-25-19(2)33-26(29-25)21-7-5-4-6-8-21/h2-11,14,22,24H,12-13,15-18H2,1H3,(H,38,39);4-12,22,24,28H,3,13-18H2,1-2H3/t2*22-,24+/m11/s1. The van der Waals surface area contributed by atoms with Crippen LogP contribution < -0.4 is 19.7 Å². The van der Waals surface area contributed by atoms with Gasteiger partial charge in [-0.1, -0.05) is 60.7 Å². The summed E-state index contributed by atoms with van der Waals surface area (Å²) in [7, 11) is 0. The number of alkyl halides is 3. The number of aliphatic carboxylic acids is 1. The summed E-state index contributed by atoms with van der Waals surface area (Å²) < 4.78 is 68.2. The summed E-state index contributed by atoms with van der Waals surface area (Å²) in [6.45, 7) is 9.23. The van der Waals surface area contributed by atoms with Crippen molar-refractivity contribution in [3.8, 4) is 34.4 Å². The van der Waals surface area contributed by atoms with Crippen molar-refractivity contribution in [1.82, 2.24) is 25.3 Å². The van der Waals surface area contributed by atoms with Crippen molar-refractivity contribution >= 4 is 17.9 Å². The molecule has 0 spiro atoms. The van der Waals surface area contributed by atoms with Gasteiger partial charge in [0.05, 0.1) is 43.0 Å². The van der Waals surface area contributed by atoms with Crippen LogP contribution in [0.4, 0.5) is 19.1 Å². The van der Waals surface area contributed by atoms with E-state index >= 15 is 0 Å². The van der Waals surface area contributed by atoms with Crippen molar-refractivity contribution in [3.05, 3.63) is 161 Å². The Morgan fingerprint density at radius 3 is 1.77 bits per heavy atom. The number of anilines is 1. The van der Waals surface area contributed by atoms with Crippen LogP contribution in [0.15, 0.2) is 130 Å². The molecule has 0 bridgehead atoms. The lowest BCUT2D eigenvalue weighted by molar-refractivity contribution is -0.151. The average Bonchev–Trinajstić information content (AvgIpc) is 3.98. The first kappa shape index (κ1) is 52.8. The number of aromatic nitrogens is 4. The zero-order valence-electron chi connectivity index (χ0n) is 41.7. The number of nitrogens with one attached hydrogen (secondary N) is 1. The lowest BCUT2D eigenvalue weighted by Crippen LogP contribution is -2.45. The topological polar surface area (TPSA) is 175 Å². The van der Waals surface area contributed by atoms with Gasteiger partial charge in [-0.15, -0.1) is 0 Å². The summed E-state index contributed by atoms with van der Waals surface area (Å²) >= 11 is 0. The third kappa shape index (κ3) is 14.2. The Morgan fingerprint density at radius 1 is 0.716 bits per heavy atom. The largest absolute Gasteiger partial charge is 0.493 e. The number of esters is 1. The molecule has 74 heavy (non-hydrogen) atoms. The Labute approximate surface area is 428 Å². The van der Waals surface area contributed by atoms with Crippen molar-refractivity contribution in [2.24, 2.45) is 23.7 Å². The van der Waals surface area contributed by atoms with Crippen molar-refractivity contribution in [3.63, 3.8) is 0 Å². The van der Waals surface area contributed by atoms with Gasteiger partial charge in [-0.3, -0.25) is 9.59 Å². The Kier molecular flexibility index (Phi) is 17.8. The molecule has 0 unspecified atom stereocenters. The number of aryl methyl sites for hydroxylation is 2. The molecule has 4 aromatic carbocycles. The highest BCUT2D eigenvalue weighted by atomic mass is 19.4. The van der Waals surface area contributed by atoms with Gasteiger partial charge < -0.3 is 38.4 Å². The summed E-state index contributed by atoms with van der Waals surface area (Å²) in [6, 6.07) is 36.0. The Morgan fingerprint density at radius 2 is 1.26 bits per heavy atom. The molecule has 17 heteroatoms. The van der Waals surface area contributed by atoms with Crippen LogP contribution in [0.3, 0.4) is 0 Å². The Balaban J connectivity index is 0.000000202. The summed E-state index contributed by atoms with van der Waals surface area (Å²) in [5, 5.41) is 13.2. The van der Waals surface area contributed by atoms with Crippen molar-refractivity contribution in [1.29, 1.82) is 0 Å². The number of nitrogens with zero attached hydrogens (tertiary/aromatic N) is 5. The molecule has 388 valence electrons. The number of hydrogen-bond donors (Lipinski definition) is 2. The lowest BCUT2D eigenvalue weighted by atomic mass is 9.81. The second-order valence-electron chi connectivity index (χ2n) is 18.5. The van der Waals surface area contributed by atoms with E-state index in [0.29, 0.717) is 56.6 Å². The van der Waals surface area contributed by atoms with Gasteiger partial charge in [0.15, 0.2) is 0 Å². The third-order valence-corrected chi connectivity index (χ3v) is 13.3. The van der Waals surface area contributed by atoms with Gasteiger partial charge >= 0.3 is 18.1 Å². The predicted octanol–water partition coefficient (Wildman–Crippen LogP) is 10.5. The summed E-state index contributed by atoms with van der Waals surface area (Å²) in [6.07, 6.45) is 0.142. The minimum Gasteiger partial charge on any atom is -0.493 e. The fraction of sp³-hybridized carbons (Fsp3) is 0.368. The molecule has 0 aliphatic carbocycles. The summed E-state index contributed by atoms with van der Waals surface area (Å²) in [5.74, 6) is 2.50. The van der Waals surface area contributed by atoms with Crippen LogP contribution in [-0.4, -0.2) is 83.0 Å². The average molecular weight is 1020 g/mol. The fourth-order valence-corrected chi connectivity index (χ4v) is 9.41. The van der Waals surface area contributed by atoms with Gasteiger partial charge in [0.1, 0.15) is 28.7 Å². The molecule has 0 radical (unpaired) electrons. The molecule has 0 saturated carbocycles. The van der Waals surface area contributed by atoms with Crippen molar-refractivity contribution in [2.75, 3.05) is 50.9 Å². The van der Waals surface area contributed by atoms with Gasteiger partial charge in [0.2, 0.25) is 17.7 Å². The van der Waals surface area contributed by atoms with Crippen LogP contribution in [0.25, 0.3) is 22.9 Å². The lowest BCUT2D eigenvalue weighted by Gasteiger charge is -2.37. The van der Waals surface area contributed by atoms with E-state index in [1.807, 2.05) is 118 Å². The minimum atomic E-state index is -4.58. The first-order chi connectivity index (χ1) is 35.8. The fourth-order valence-electron chi connectivity index (χ4n) is 9.41.